The molecule has 0 fully saturated rings. The zero-order chi connectivity index (χ0) is 70.9. The van der Waals surface area contributed by atoms with Crippen LogP contribution in [0.3, 0.4) is 0 Å². The van der Waals surface area contributed by atoms with E-state index in [1.807, 2.05) is 22.7 Å². The minimum atomic E-state index is 1.16. The first kappa shape index (κ1) is 61.8. The Bertz CT molecular complexity index is 7560. The van der Waals surface area contributed by atoms with Crippen LogP contribution in [-0.4, -0.2) is 18.3 Å². The van der Waals surface area contributed by atoms with Gasteiger partial charge in [0, 0.05) is 100 Å². The van der Waals surface area contributed by atoms with Crippen LogP contribution in [0.1, 0.15) is 0 Å². The molecule has 0 unspecified atom stereocenters. The highest BCUT2D eigenvalue weighted by Crippen LogP contribution is 2.47. The molecule has 0 spiro atoms. The molecule has 0 bridgehead atoms. The lowest BCUT2D eigenvalue weighted by molar-refractivity contribution is 1.18. The number of rotatable bonds is 9. The minimum Gasteiger partial charge on any atom is -0.309 e. The van der Waals surface area contributed by atoms with Crippen molar-refractivity contribution in [1.29, 1.82) is 0 Å². The van der Waals surface area contributed by atoms with E-state index in [4.69, 9.17) is 0 Å². The number of aromatic nitrogens is 4. The number of benzene rings is 17. The molecule has 0 aliphatic carbocycles. The molecule has 0 amide bonds. The molecule has 6 heteroatoms. The Morgan fingerprint density at radius 2 is 0.454 bits per heavy atom. The average molecular weight is 1410 g/mol. The van der Waals surface area contributed by atoms with Crippen molar-refractivity contribution in [2.24, 2.45) is 0 Å². The van der Waals surface area contributed by atoms with E-state index in [0.29, 0.717) is 0 Å². The average Bonchev–Trinajstić information content (AvgIpc) is 1.58. The predicted octanol–water partition coefficient (Wildman–Crippen LogP) is 28.8. The minimum absolute atomic E-state index is 1.16. The standard InChI is InChI=1S/C54H34N2S.C48H30N2S/c1-2-14-35(15-3-1)36-16-12-17-39(32-36)55-47-23-8-5-19-41(47)45-33-37(28-30-50(45)55)38-29-31-51-46(34-38)42-20-6-10-25-49(42)56(51)48-24-9-4-18-40(48)43-22-13-27-53-54(43)44-21-7-11-26-52(44)57-53;1-2-12-31(13-3-1)32-14-10-15-35(28-32)49-41-19-7-4-16-36(41)39-29-33(24-26-43(39)49)34-25-27-44-40(30-34)37-17-5-8-20-42(37)50(44)45-21-11-23-47-48(45)38-18-6-9-22-46(38)51-47/h1-34H;1-30H. The number of fused-ring (bicyclic) bond motifs is 18. The second-order valence-corrected chi connectivity index (χ2v) is 30.4. The molecule has 23 rings (SSSR count). The van der Waals surface area contributed by atoms with Gasteiger partial charge in [0.25, 0.3) is 0 Å². The fourth-order valence-corrected chi connectivity index (χ4v) is 19.7. The first-order valence-electron chi connectivity index (χ1n) is 36.9. The Morgan fingerprint density at radius 3 is 0.926 bits per heavy atom. The third kappa shape index (κ3) is 9.88. The number of para-hydroxylation sites is 5. The zero-order valence-corrected chi connectivity index (χ0v) is 60.2. The summed E-state index contributed by atoms with van der Waals surface area (Å²) in [6.07, 6.45) is 0. The van der Waals surface area contributed by atoms with E-state index in [1.54, 1.807) is 0 Å². The molecule has 0 saturated heterocycles. The topological polar surface area (TPSA) is 19.7 Å². The Labute approximate surface area is 630 Å². The molecule has 0 aliphatic rings. The molecule has 504 valence electrons. The van der Waals surface area contributed by atoms with Crippen LogP contribution in [0.2, 0.25) is 0 Å². The summed E-state index contributed by atoms with van der Waals surface area (Å²) in [7, 11) is 0. The summed E-state index contributed by atoms with van der Waals surface area (Å²) in [6, 6.07) is 142. The van der Waals surface area contributed by atoms with Crippen molar-refractivity contribution in [3.8, 4) is 78.4 Å². The van der Waals surface area contributed by atoms with Gasteiger partial charge in [-0.2, -0.15) is 0 Å². The van der Waals surface area contributed by atoms with Crippen LogP contribution in [-0.2, 0) is 0 Å². The van der Waals surface area contributed by atoms with Gasteiger partial charge in [-0.15, -0.1) is 22.7 Å². The molecule has 0 atom stereocenters. The third-order valence-electron chi connectivity index (χ3n) is 22.2. The summed E-state index contributed by atoms with van der Waals surface area (Å²) in [5.74, 6) is 0. The molecule has 23 aromatic rings. The fraction of sp³-hybridized carbons (Fsp3) is 0. The highest BCUT2D eigenvalue weighted by Gasteiger charge is 2.23. The van der Waals surface area contributed by atoms with E-state index >= 15 is 0 Å². The van der Waals surface area contributed by atoms with Gasteiger partial charge in [0.2, 0.25) is 0 Å². The lowest BCUT2D eigenvalue weighted by atomic mass is 9.97. The maximum atomic E-state index is 2.47. The maximum Gasteiger partial charge on any atom is 0.0555 e. The molecule has 6 aromatic heterocycles. The molecule has 108 heavy (non-hydrogen) atoms. The van der Waals surface area contributed by atoms with Gasteiger partial charge in [0.05, 0.1) is 55.5 Å². The number of hydrogen-bond acceptors (Lipinski definition) is 2. The summed E-state index contributed by atoms with van der Waals surface area (Å²) in [5, 5.41) is 15.3. The normalized spacial score (nSPS) is 11.9. The first-order valence-corrected chi connectivity index (χ1v) is 38.6. The fourth-order valence-electron chi connectivity index (χ4n) is 17.4. The van der Waals surface area contributed by atoms with Crippen LogP contribution in [0.4, 0.5) is 0 Å². The molecule has 17 aromatic carbocycles. The number of thiophene rings is 2. The lowest BCUT2D eigenvalue weighted by Gasteiger charge is -2.15. The van der Waals surface area contributed by atoms with Gasteiger partial charge in [0.15, 0.2) is 0 Å². The van der Waals surface area contributed by atoms with Gasteiger partial charge in [-0.3, -0.25) is 0 Å². The Hall–Kier alpha value is -13.6. The van der Waals surface area contributed by atoms with Crippen molar-refractivity contribution >= 4 is 150 Å². The zero-order valence-electron chi connectivity index (χ0n) is 58.6. The molecular weight excluding hydrogens is 1350 g/mol. The maximum absolute atomic E-state index is 2.47. The molecule has 0 saturated carbocycles. The second-order valence-electron chi connectivity index (χ2n) is 28.2. The molecule has 4 nitrogen and oxygen atoms in total. The Kier molecular flexibility index (Phi) is 14.3. The van der Waals surface area contributed by atoms with Crippen molar-refractivity contribution in [3.05, 3.63) is 388 Å². The summed E-state index contributed by atoms with van der Waals surface area (Å²) in [6.45, 7) is 0. The predicted molar refractivity (Wildman–Crippen MR) is 463 cm³/mol. The summed E-state index contributed by atoms with van der Waals surface area (Å²) in [5.41, 5.74) is 26.6. The van der Waals surface area contributed by atoms with Crippen molar-refractivity contribution in [2.75, 3.05) is 0 Å². The van der Waals surface area contributed by atoms with E-state index in [1.165, 1.54) is 195 Å². The van der Waals surface area contributed by atoms with Gasteiger partial charge in [-0.05, 0) is 184 Å². The summed E-state index contributed by atoms with van der Waals surface area (Å²) in [4.78, 5) is 0. The van der Waals surface area contributed by atoms with Gasteiger partial charge in [-0.25, -0.2) is 0 Å². The van der Waals surface area contributed by atoms with E-state index in [9.17, 15) is 0 Å². The lowest BCUT2D eigenvalue weighted by Crippen LogP contribution is -1.97. The quantitative estimate of drug-likeness (QED) is 0.137. The van der Waals surface area contributed by atoms with E-state index in [2.05, 4.69) is 407 Å². The third-order valence-corrected chi connectivity index (χ3v) is 24.5. The number of hydrogen-bond donors (Lipinski definition) is 0. The van der Waals surface area contributed by atoms with Crippen LogP contribution >= 0.6 is 22.7 Å². The van der Waals surface area contributed by atoms with Crippen LogP contribution in [0.5, 0.6) is 0 Å². The molecule has 0 aliphatic heterocycles. The van der Waals surface area contributed by atoms with E-state index in [0.717, 1.165) is 11.4 Å². The van der Waals surface area contributed by atoms with E-state index in [-0.39, 0.29) is 0 Å². The monoisotopic (exact) mass is 1410 g/mol. The van der Waals surface area contributed by atoms with Gasteiger partial charge >= 0.3 is 0 Å². The van der Waals surface area contributed by atoms with Crippen LogP contribution in [0, 0.1) is 0 Å². The van der Waals surface area contributed by atoms with Crippen LogP contribution in [0.15, 0.2) is 388 Å². The van der Waals surface area contributed by atoms with Crippen molar-refractivity contribution in [3.63, 3.8) is 0 Å². The molecule has 0 N–H and O–H groups in total. The SMILES string of the molecule is c1ccc(-c2cccc(-n3c4ccccc4c4cc(-c5ccc6c(c5)c5ccccc5n6-c5cccc6sc7ccccc7c56)ccc43)c2)cc1.c1ccc(-c2cccc(-n3c4ccccc4c4cc(-c5ccc6c(c5)c5ccccc5n6-c5ccccc5-c5cccc6sc7ccccc7c56)ccc43)c2)cc1. The smallest absolute Gasteiger partial charge is 0.0555 e. The van der Waals surface area contributed by atoms with Gasteiger partial charge in [-0.1, -0.05) is 255 Å². The molecular formula is C102H64N4S2. The Morgan fingerprint density at radius 1 is 0.157 bits per heavy atom. The molecule has 6 heterocycles. The van der Waals surface area contributed by atoms with E-state index < -0.39 is 0 Å². The van der Waals surface area contributed by atoms with Crippen molar-refractivity contribution in [2.45, 2.75) is 0 Å². The summed E-state index contributed by atoms with van der Waals surface area (Å²) >= 11 is 3.74. The van der Waals surface area contributed by atoms with Crippen molar-refractivity contribution < 1.29 is 0 Å². The largest absolute Gasteiger partial charge is 0.309 e. The van der Waals surface area contributed by atoms with Crippen LogP contribution < -0.4 is 0 Å². The second kappa shape index (κ2) is 25.0. The summed E-state index contributed by atoms with van der Waals surface area (Å²) < 4.78 is 15.0. The molecule has 0 radical (unpaired) electrons. The van der Waals surface area contributed by atoms with Crippen LogP contribution in [0.25, 0.3) is 206 Å². The first-order chi connectivity index (χ1) is 53.6. The highest BCUT2D eigenvalue weighted by atomic mass is 32.1. The number of nitrogens with zero attached hydrogens (tertiary/aromatic N) is 4. The van der Waals surface area contributed by atoms with Gasteiger partial charge < -0.3 is 18.3 Å². The Balaban J connectivity index is 0.000000135. The van der Waals surface area contributed by atoms with Crippen molar-refractivity contribution in [1.82, 2.24) is 18.3 Å². The highest BCUT2D eigenvalue weighted by molar-refractivity contribution is 7.26. The van der Waals surface area contributed by atoms with Gasteiger partial charge in [0.1, 0.15) is 0 Å².